The number of aromatic nitrogens is 5. The molecule has 0 atom stereocenters. The first kappa shape index (κ1) is 20.0. The van der Waals surface area contributed by atoms with Crippen molar-refractivity contribution in [3.05, 3.63) is 88.0 Å². The summed E-state index contributed by atoms with van der Waals surface area (Å²) >= 11 is 12.5. The molecule has 156 valence electrons. The minimum absolute atomic E-state index is 0.219. The molecule has 0 saturated carbocycles. The zero-order valence-electron chi connectivity index (χ0n) is 16.2. The van der Waals surface area contributed by atoms with E-state index in [4.69, 9.17) is 38.9 Å². The molecule has 2 aromatic heterocycles. The van der Waals surface area contributed by atoms with Crippen LogP contribution in [0.5, 0.6) is 11.5 Å². The van der Waals surface area contributed by atoms with Crippen molar-refractivity contribution in [3.8, 4) is 23.0 Å². The van der Waals surface area contributed by atoms with Crippen LogP contribution in [0.4, 0.5) is 5.69 Å². The lowest BCUT2D eigenvalue weighted by molar-refractivity contribution is 0.474. The van der Waals surface area contributed by atoms with E-state index in [1.165, 1.54) is 0 Å². The van der Waals surface area contributed by atoms with Crippen LogP contribution in [0, 0.1) is 6.57 Å². The number of hydrogen-bond acceptors (Lipinski definition) is 6. The predicted octanol–water partition coefficient (Wildman–Crippen LogP) is 6.18. The van der Waals surface area contributed by atoms with Crippen molar-refractivity contribution < 1.29 is 9.15 Å². The molecule has 0 aliphatic carbocycles. The van der Waals surface area contributed by atoms with Gasteiger partial charge in [0, 0.05) is 10.6 Å². The molecule has 32 heavy (non-hydrogen) atoms. The SMILES string of the molecule is [C-]#[N+]c1cc(Cl)cc(Oc2c(Cl)ccc3c2nnn3Cc2nnc(-c3ccccc3)o2)c1. The van der Waals surface area contributed by atoms with Crippen LogP contribution in [0.15, 0.2) is 65.1 Å². The van der Waals surface area contributed by atoms with Crippen molar-refractivity contribution >= 4 is 39.9 Å². The summed E-state index contributed by atoms with van der Waals surface area (Å²) in [5.41, 5.74) is 2.29. The quantitative estimate of drug-likeness (QED) is 0.290. The largest absolute Gasteiger partial charge is 0.455 e. The van der Waals surface area contributed by atoms with E-state index in [-0.39, 0.29) is 6.54 Å². The molecule has 0 radical (unpaired) electrons. The van der Waals surface area contributed by atoms with Crippen molar-refractivity contribution in [2.75, 3.05) is 0 Å². The first-order valence-corrected chi connectivity index (χ1v) is 10.1. The number of hydrogen-bond donors (Lipinski definition) is 0. The van der Waals surface area contributed by atoms with Crippen LogP contribution in [-0.4, -0.2) is 25.2 Å². The lowest BCUT2D eigenvalue weighted by atomic mass is 10.2. The number of benzene rings is 3. The molecule has 0 saturated heterocycles. The average molecular weight is 463 g/mol. The van der Waals surface area contributed by atoms with E-state index in [0.717, 1.165) is 5.56 Å². The van der Waals surface area contributed by atoms with Gasteiger partial charge in [0.15, 0.2) is 17.0 Å². The molecule has 5 aromatic rings. The molecular formula is C22H12Cl2N6O2. The van der Waals surface area contributed by atoms with Gasteiger partial charge in [0.25, 0.3) is 0 Å². The molecule has 3 aromatic carbocycles. The highest BCUT2D eigenvalue weighted by molar-refractivity contribution is 6.33. The maximum Gasteiger partial charge on any atom is 0.247 e. The van der Waals surface area contributed by atoms with E-state index in [2.05, 4.69) is 25.4 Å². The summed E-state index contributed by atoms with van der Waals surface area (Å²) in [4.78, 5) is 3.39. The Hall–Kier alpha value is -3.93. The van der Waals surface area contributed by atoms with Crippen LogP contribution in [0.2, 0.25) is 10.0 Å². The van der Waals surface area contributed by atoms with Crippen LogP contribution in [0.25, 0.3) is 27.3 Å². The highest BCUT2D eigenvalue weighted by atomic mass is 35.5. The van der Waals surface area contributed by atoms with Crippen LogP contribution in [-0.2, 0) is 6.54 Å². The molecule has 0 fully saturated rings. The minimum Gasteiger partial charge on any atom is -0.455 e. The first-order chi connectivity index (χ1) is 15.6. The Morgan fingerprint density at radius 1 is 1.00 bits per heavy atom. The highest BCUT2D eigenvalue weighted by Crippen LogP contribution is 2.37. The van der Waals surface area contributed by atoms with Gasteiger partial charge in [-0.3, -0.25) is 0 Å². The van der Waals surface area contributed by atoms with Crippen LogP contribution >= 0.6 is 23.2 Å². The van der Waals surface area contributed by atoms with Gasteiger partial charge in [0.05, 0.1) is 17.1 Å². The molecule has 5 rings (SSSR count). The summed E-state index contributed by atoms with van der Waals surface area (Å²) in [6, 6.07) is 17.7. The van der Waals surface area contributed by atoms with Crippen molar-refractivity contribution in [1.82, 2.24) is 25.2 Å². The summed E-state index contributed by atoms with van der Waals surface area (Å²) in [5, 5.41) is 17.3. The van der Waals surface area contributed by atoms with Gasteiger partial charge < -0.3 is 9.15 Å². The Kier molecular flexibility index (Phi) is 5.19. The summed E-state index contributed by atoms with van der Waals surface area (Å²) in [6.07, 6.45) is 0. The van der Waals surface area contributed by atoms with Gasteiger partial charge >= 0.3 is 0 Å². The number of nitrogens with zero attached hydrogens (tertiary/aromatic N) is 6. The van der Waals surface area contributed by atoms with Gasteiger partial charge in [0.1, 0.15) is 12.3 Å². The van der Waals surface area contributed by atoms with Gasteiger partial charge in [-0.25, -0.2) is 9.53 Å². The fourth-order valence-electron chi connectivity index (χ4n) is 3.13. The van der Waals surface area contributed by atoms with E-state index in [1.54, 1.807) is 35.0 Å². The Balaban J connectivity index is 1.47. The van der Waals surface area contributed by atoms with Gasteiger partial charge in [-0.2, -0.15) is 0 Å². The summed E-state index contributed by atoms with van der Waals surface area (Å²) in [7, 11) is 0. The fraction of sp³-hybridized carbons (Fsp3) is 0.0455. The van der Waals surface area contributed by atoms with Crippen LogP contribution in [0.3, 0.4) is 0 Å². The number of halogens is 2. The lowest BCUT2D eigenvalue weighted by Crippen LogP contribution is -2.02. The van der Waals surface area contributed by atoms with Gasteiger partial charge in [-0.05, 0) is 42.5 Å². The minimum atomic E-state index is 0.219. The zero-order valence-corrected chi connectivity index (χ0v) is 17.7. The summed E-state index contributed by atoms with van der Waals surface area (Å²) < 4.78 is 13.3. The van der Waals surface area contributed by atoms with Crippen molar-refractivity contribution in [2.24, 2.45) is 0 Å². The van der Waals surface area contributed by atoms with E-state index in [0.29, 0.717) is 50.0 Å². The zero-order chi connectivity index (χ0) is 22.1. The molecule has 0 spiro atoms. The molecule has 0 aliphatic heterocycles. The third kappa shape index (κ3) is 3.87. The Morgan fingerprint density at radius 3 is 2.66 bits per heavy atom. The van der Waals surface area contributed by atoms with Crippen LogP contribution in [0.1, 0.15) is 5.89 Å². The molecule has 10 heteroatoms. The molecule has 0 bridgehead atoms. The summed E-state index contributed by atoms with van der Waals surface area (Å²) in [6.45, 7) is 7.41. The van der Waals surface area contributed by atoms with Gasteiger partial charge in [-0.1, -0.05) is 46.6 Å². The first-order valence-electron chi connectivity index (χ1n) is 9.36. The van der Waals surface area contributed by atoms with E-state index < -0.39 is 0 Å². The second-order valence-electron chi connectivity index (χ2n) is 6.72. The third-order valence-corrected chi connectivity index (χ3v) is 5.09. The van der Waals surface area contributed by atoms with Crippen molar-refractivity contribution in [3.63, 3.8) is 0 Å². The van der Waals surface area contributed by atoms with Crippen molar-refractivity contribution in [2.45, 2.75) is 6.54 Å². The molecular weight excluding hydrogens is 451 g/mol. The second-order valence-corrected chi connectivity index (χ2v) is 7.56. The lowest BCUT2D eigenvalue weighted by Gasteiger charge is -2.09. The predicted molar refractivity (Wildman–Crippen MR) is 119 cm³/mol. The Morgan fingerprint density at radius 2 is 1.84 bits per heavy atom. The summed E-state index contributed by atoms with van der Waals surface area (Å²) in [5.74, 6) is 1.49. The van der Waals surface area contributed by atoms with Crippen LogP contribution < -0.4 is 4.74 Å². The standard InChI is InChI=1S/C22H12Cl2N6O2/c1-25-15-9-14(23)10-16(11-15)31-21-17(24)7-8-18-20(21)27-29-30(18)12-19-26-28-22(32-19)13-5-3-2-4-6-13/h2-11H,12H2. The molecule has 0 N–H and O–H groups in total. The maximum atomic E-state index is 7.20. The fourth-order valence-corrected chi connectivity index (χ4v) is 3.54. The second kappa shape index (κ2) is 8.30. The van der Waals surface area contributed by atoms with E-state index in [1.807, 2.05) is 30.3 Å². The van der Waals surface area contributed by atoms with E-state index >= 15 is 0 Å². The van der Waals surface area contributed by atoms with Gasteiger partial charge in [0.2, 0.25) is 11.8 Å². The number of ether oxygens (including phenoxy) is 1. The van der Waals surface area contributed by atoms with Gasteiger partial charge in [-0.15, -0.1) is 15.3 Å². The van der Waals surface area contributed by atoms with Crippen molar-refractivity contribution in [1.29, 1.82) is 0 Å². The normalized spacial score (nSPS) is 10.9. The third-order valence-electron chi connectivity index (χ3n) is 4.57. The molecule has 0 amide bonds. The number of rotatable bonds is 5. The number of fused-ring (bicyclic) bond motifs is 1. The smallest absolute Gasteiger partial charge is 0.247 e. The average Bonchev–Trinajstić information content (AvgIpc) is 3.44. The molecule has 8 nitrogen and oxygen atoms in total. The Labute approximate surface area is 191 Å². The molecule has 0 aliphatic rings. The van der Waals surface area contributed by atoms with E-state index in [9.17, 15) is 0 Å². The topological polar surface area (TPSA) is 83.2 Å². The maximum absolute atomic E-state index is 7.20. The molecule has 2 heterocycles. The molecule has 0 unspecified atom stereocenters. The highest BCUT2D eigenvalue weighted by Gasteiger charge is 2.17. The Bertz CT molecular complexity index is 1470. The monoisotopic (exact) mass is 462 g/mol.